The third-order valence-corrected chi connectivity index (χ3v) is 6.26. The van der Waals surface area contributed by atoms with Gasteiger partial charge < -0.3 is 9.80 Å². The highest BCUT2D eigenvalue weighted by Crippen LogP contribution is 2.11. The van der Waals surface area contributed by atoms with Crippen molar-refractivity contribution >= 4 is 0 Å². The Morgan fingerprint density at radius 3 is 1.18 bits per heavy atom. The predicted octanol–water partition coefficient (Wildman–Crippen LogP) is 6.28. The fourth-order valence-electron chi connectivity index (χ4n) is 3.99. The summed E-state index contributed by atoms with van der Waals surface area (Å²) in [6, 6.07) is 2.70. The van der Waals surface area contributed by atoms with E-state index in [1.54, 1.807) is 0 Å². The first kappa shape index (κ1) is 27.9. The van der Waals surface area contributed by atoms with Gasteiger partial charge in [0.2, 0.25) is 0 Å². The monoisotopic (exact) mass is 397 g/mol. The van der Waals surface area contributed by atoms with Crippen LogP contribution in [0.5, 0.6) is 0 Å². The maximum atomic E-state index is 2.70. The molecular weight excluding hydrogens is 342 g/mol. The zero-order chi connectivity index (χ0) is 21.5. The molecule has 0 atom stereocenters. The van der Waals surface area contributed by atoms with Gasteiger partial charge in [-0.25, -0.2) is 0 Å². The second-order valence-corrected chi connectivity index (χ2v) is 9.96. The third-order valence-electron chi connectivity index (χ3n) is 6.26. The van der Waals surface area contributed by atoms with Crippen LogP contribution in [0.2, 0.25) is 0 Å². The Balaban J connectivity index is 3.81. The molecule has 3 nitrogen and oxygen atoms in total. The molecule has 0 rings (SSSR count). The summed E-state index contributed by atoms with van der Waals surface area (Å²) < 4.78 is 0. The number of rotatable bonds is 18. The minimum absolute atomic E-state index is 0.669. The van der Waals surface area contributed by atoms with Crippen molar-refractivity contribution in [3.63, 3.8) is 0 Å². The molecule has 0 N–H and O–H groups in total. The molecule has 170 valence electrons. The smallest absolute Gasteiger partial charge is 0.00412 e. The molecule has 0 aliphatic rings. The second kappa shape index (κ2) is 16.7. The van der Waals surface area contributed by atoms with Crippen LogP contribution in [0.15, 0.2) is 0 Å². The van der Waals surface area contributed by atoms with Crippen LogP contribution in [-0.4, -0.2) is 72.1 Å². The predicted molar refractivity (Wildman–Crippen MR) is 128 cm³/mol. The Labute approximate surface area is 179 Å². The zero-order valence-corrected chi connectivity index (χ0v) is 21.1. The van der Waals surface area contributed by atoms with Crippen molar-refractivity contribution in [2.24, 2.45) is 0 Å². The topological polar surface area (TPSA) is 9.72 Å². The molecule has 0 spiro atoms. The number of nitrogens with zero attached hydrogens (tertiary/aromatic N) is 3. The molecule has 0 aliphatic carbocycles. The van der Waals surface area contributed by atoms with Crippen molar-refractivity contribution in [2.75, 3.05) is 33.2 Å². The summed E-state index contributed by atoms with van der Waals surface area (Å²) in [4.78, 5) is 7.79. The number of hydrogen-bond donors (Lipinski definition) is 0. The van der Waals surface area contributed by atoms with Gasteiger partial charge in [-0.3, -0.25) is 4.90 Å². The van der Waals surface area contributed by atoms with Crippen molar-refractivity contribution in [2.45, 2.75) is 131 Å². The normalized spacial score (nSPS) is 12.9. The summed E-state index contributed by atoms with van der Waals surface area (Å²) in [5, 5.41) is 0. The van der Waals surface area contributed by atoms with Gasteiger partial charge >= 0.3 is 0 Å². The first-order valence-electron chi connectivity index (χ1n) is 12.4. The van der Waals surface area contributed by atoms with Crippen LogP contribution in [0, 0.1) is 0 Å². The first-order chi connectivity index (χ1) is 13.2. The average molecular weight is 398 g/mol. The van der Waals surface area contributed by atoms with Gasteiger partial charge in [-0.05, 0) is 114 Å². The molecule has 0 aromatic heterocycles. The van der Waals surface area contributed by atoms with Crippen molar-refractivity contribution in [1.82, 2.24) is 14.7 Å². The highest BCUT2D eigenvalue weighted by Gasteiger charge is 2.12. The molecule has 0 saturated carbocycles. The molecule has 0 amide bonds. The first-order valence-corrected chi connectivity index (χ1v) is 12.4. The van der Waals surface area contributed by atoms with E-state index in [2.05, 4.69) is 77.1 Å². The van der Waals surface area contributed by atoms with Crippen LogP contribution in [-0.2, 0) is 0 Å². The summed E-state index contributed by atoms with van der Waals surface area (Å²) in [7, 11) is 2.24. The Hall–Kier alpha value is -0.120. The SMILES string of the molecule is CC(C)N(C)CCCCCCN(CCCCCCN(C(C)C)C(C)C)C(C)C. The molecule has 0 radical (unpaired) electrons. The van der Waals surface area contributed by atoms with E-state index in [1.807, 2.05) is 0 Å². The quantitative estimate of drug-likeness (QED) is 0.252. The Kier molecular flexibility index (Phi) is 16.6. The van der Waals surface area contributed by atoms with E-state index >= 15 is 0 Å². The number of unbranched alkanes of at least 4 members (excludes halogenated alkanes) is 6. The van der Waals surface area contributed by atoms with Gasteiger partial charge in [0, 0.05) is 24.2 Å². The Morgan fingerprint density at radius 2 is 0.821 bits per heavy atom. The van der Waals surface area contributed by atoms with Gasteiger partial charge in [-0.1, -0.05) is 25.7 Å². The van der Waals surface area contributed by atoms with Gasteiger partial charge in [0.05, 0.1) is 0 Å². The van der Waals surface area contributed by atoms with Crippen LogP contribution < -0.4 is 0 Å². The lowest BCUT2D eigenvalue weighted by atomic mass is 10.1. The lowest BCUT2D eigenvalue weighted by Crippen LogP contribution is -2.37. The van der Waals surface area contributed by atoms with Gasteiger partial charge in [-0.2, -0.15) is 0 Å². The molecule has 0 aliphatic heterocycles. The van der Waals surface area contributed by atoms with Crippen LogP contribution >= 0.6 is 0 Å². The molecule has 0 unspecified atom stereocenters. The van der Waals surface area contributed by atoms with Gasteiger partial charge in [0.1, 0.15) is 0 Å². The fraction of sp³-hybridized carbons (Fsp3) is 1.00. The van der Waals surface area contributed by atoms with Crippen molar-refractivity contribution in [3.8, 4) is 0 Å². The maximum absolute atomic E-state index is 2.70. The van der Waals surface area contributed by atoms with E-state index in [0.717, 1.165) is 0 Å². The number of hydrogen-bond acceptors (Lipinski definition) is 3. The van der Waals surface area contributed by atoms with Crippen LogP contribution in [0.25, 0.3) is 0 Å². The fourth-order valence-corrected chi connectivity index (χ4v) is 3.99. The van der Waals surface area contributed by atoms with E-state index < -0.39 is 0 Å². The molecule has 0 aromatic carbocycles. The molecule has 0 bridgehead atoms. The molecule has 0 aromatic rings. The van der Waals surface area contributed by atoms with Crippen molar-refractivity contribution in [3.05, 3.63) is 0 Å². The van der Waals surface area contributed by atoms with Crippen LogP contribution in [0.1, 0.15) is 107 Å². The molecule has 0 saturated heterocycles. The van der Waals surface area contributed by atoms with E-state index in [9.17, 15) is 0 Å². The standard InChI is InChI=1S/C25H55N3/c1-22(2)26(9)18-14-10-11-15-19-27(23(3)4)20-16-12-13-17-21-28(24(5)6)25(7)8/h22-25H,10-21H2,1-9H3. The molecule has 28 heavy (non-hydrogen) atoms. The minimum atomic E-state index is 0.669. The third kappa shape index (κ3) is 14.0. The molecule has 0 fully saturated rings. The highest BCUT2D eigenvalue weighted by atomic mass is 15.2. The molecule has 3 heteroatoms. The van der Waals surface area contributed by atoms with Gasteiger partial charge in [0.15, 0.2) is 0 Å². The van der Waals surface area contributed by atoms with Gasteiger partial charge in [-0.15, -0.1) is 0 Å². The van der Waals surface area contributed by atoms with Crippen LogP contribution in [0.4, 0.5) is 0 Å². The average Bonchev–Trinajstić information content (AvgIpc) is 2.60. The van der Waals surface area contributed by atoms with Crippen LogP contribution in [0.3, 0.4) is 0 Å². The van der Waals surface area contributed by atoms with E-state index in [0.29, 0.717) is 24.2 Å². The van der Waals surface area contributed by atoms with Gasteiger partial charge in [0.25, 0.3) is 0 Å². The molecular formula is C25H55N3. The highest BCUT2D eigenvalue weighted by molar-refractivity contribution is 4.68. The van der Waals surface area contributed by atoms with Crippen molar-refractivity contribution < 1.29 is 0 Å². The van der Waals surface area contributed by atoms with E-state index in [-0.39, 0.29) is 0 Å². The maximum Gasteiger partial charge on any atom is 0.00412 e. The van der Waals surface area contributed by atoms with Crippen molar-refractivity contribution in [1.29, 1.82) is 0 Å². The second-order valence-electron chi connectivity index (χ2n) is 9.96. The molecule has 0 heterocycles. The Morgan fingerprint density at radius 1 is 0.429 bits per heavy atom. The largest absolute Gasteiger partial charge is 0.304 e. The minimum Gasteiger partial charge on any atom is -0.304 e. The summed E-state index contributed by atoms with van der Waals surface area (Å²) in [6.45, 7) is 23.7. The van der Waals surface area contributed by atoms with E-state index in [1.165, 1.54) is 77.5 Å². The zero-order valence-electron chi connectivity index (χ0n) is 21.1. The lowest BCUT2D eigenvalue weighted by Gasteiger charge is -2.30. The summed E-state index contributed by atoms with van der Waals surface area (Å²) in [5.41, 5.74) is 0. The Bertz CT molecular complexity index is 331. The lowest BCUT2D eigenvalue weighted by molar-refractivity contribution is 0.170. The summed E-state index contributed by atoms with van der Waals surface area (Å²) in [5.74, 6) is 0. The summed E-state index contributed by atoms with van der Waals surface area (Å²) in [6.07, 6.45) is 11.0. The van der Waals surface area contributed by atoms with E-state index in [4.69, 9.17) is 0 Å². The summed E-state index contributed by atoms with van der Waals surface area (Å²) >= 11 is 0.